The zero-order valence-corrected chi connectivity index (χ0v) is 19.4. The predicted molar refractivity (Wildman–Crippen MR) is 119 cm³/mol. The highest BCUT2D eigenvalue weighted by Crippen LogP contribution is 2.36. The van der Waals surface area contributed by atoms with Gasteiger partial charge >= 0.3 is 0 Å². The van der Waals surface area contributed by atoms with Crippen LogP contribution in [-0.4, -0.2) is 45.4 Å². The van der Waals surface area contributed by atoms with Crippen molar-refractivity contribution in [2.75, 3.05) is 32.1 Å². The number of hydrogen-bond donors (Lipinski definition) is 1. The van der Waals surface area contributed by atoms with Crippen LogP contribution < -0.4 is 14.8 Å². The third-order valence-electron chi connectivity index (χ3n) is 4.85. The largest absolute Gasteiger partial charge is 0.493 e. The van der Waals surface area contributed by atoms with Gasteiger partial charge in [0.25, 0.3) is 5.91 Å². The van der Waals surface area contributed by atoms with Gasteiger partial charge in [-0.2, -0.15) is 4.31 Å². The third kappa shape index (κ3) is 4.96. The summed E-state index contributed by atoms with van der Waals surface area (Å²) in [6.45, 7) is 3.43. The lowest BCUT2D eigenvalue weighted by molar-refractivity contribution is 0.102. The van der Waals surface area contributed by atoms with Crippen LogP contribution in [0.15, 0.2) is 45.8 Å². The van der Waals surface area contributed by atoms with Gasteiger partial charge in [0.2, 0.25) is 10.0 Å². The molecule has 9 heteroatoms. The van der Waals surface area contributed by atoms with Gasteiger partial charge in [-0.25, -0.2) is 8.42 Å². The lowest BCUT2D eigenvalue weighted by Crippen LogP contribution is -2.35. The number of hydrogen-bond acceptors (Lipinski definition) is 5. The fourth-order valence-corrected chi connectivity index (χ4v) is 5.38. The molecule has 1 saturated heterocycles. The first kappa shape index (κ1) is 22.6. The summed E-state index contributed by atoms with van der Waals surface area (Å²) in [6, 6.07) is 9.48. The molecular weight excluding hydrogens is 472 g/mol. The molecule has 1 amide bonds. The monoisotopic (exact) mass is 496 g/mol. The topological polar surface area (TPSA) is 84.9 Å². The molecule has 0 radical (unpaired) electrons. The minimum absolute atomic E-state index is 0.230. The van der Waals surface area contributed by atoms with Gasteiger partial charge in [-0.05, 0) is 72.1 Å². The zero-order valence-electron chi connectivity index (χ0n) is 17.0. The van der Waals surface area contributed by atoms with E-state index in [1.54, 1.807) is 24.3 Å². The molecule has 162 valence electrons. The van der Waals surface area contributed by atoms with E-state index >= 15 is 0 Å². The van der Waals surface area contributed by atoms with Gasteiger partial charge in [0.1, 0.15) is 0 Å². The van der Waals surface area contributed by atoms with Crippen LogP contribution in [0.4, 0.5) is 5.69 Å². The molecule has 1 heterocycles. The van der Waals surface area contributed by atoms with E-state index in [1.807, 2.05) is 6.92 Å². The van der Waals surface area contributed by atoms with Crippen LogP contribution in [0.2, 0.25) is 0 Å². The minimum atomic E-state index is -3.50. The quantitative estimate of drug-likeness (QED) is 0.617. The third-order valence-corrected chi connectivity index (χ3v) is 7.35. The summed E-state index contributed by atoms with van der Waals surface area (Å²) in [5, 5.41) is 2.78. The second-order valence-electron chi connectivity index (χ2n) is 6.87. The minimum Gasteiger partial charge on any atom is -0.493 e. The number of sulfonamides is 1. The van der Waals surface area contributed by atoms with E-state index in [4.69, 9.17) is 9.47 Å². The van der Waals surface area contributed by atoms with Crippen LogP contribution in [0.3, 0.4) is 0 Å². The molecule has 2 aromatic carbocycles. The smallest absolute Gasteiger partial charge is 0.255 e. The normalized spacial score (nSPS) is 14.9. The van der Waals surface area contributed by atoms with Crippen LogP contribution in [0.25, 0.3) is 0 Å². The van der Waals surface area contributed by atoms with Gasteiger partial charge in [-0.3, -0.25) is 4.79 Å². The molecule has 1 fully saturated rings. The fourth-order valence-electron chi connectivity index (χ4n) is 3.30. The van der Waals surface area contributed by atoms with E-state index in [2.05, 4.69) is 21.2 Å². The summed E-state index contributed by atoms with van der Waals surface area (Å²) >= 11 is 3.41. The summed E-state index contributed by atoms with van der Waals surface area (Å²) in [7, 11) is -1.99. The van der Waals surface area contributed by atoms with E-state index in [9.17, 15) is 13.2 Å². The van der Waals surface area contributed by atoms with E-state index < -0.39 is 10.0 Å². The number of carbonyl (C=O) groups is 1. The molecule has 7 nitrogen and oxygen atoms in total. The summed E-state index contributed by atoms with van der Waals surface area (Å²) in [6.07, 6.45) is 2.83. The highest BCUT2D eigenvalue weighted by molar-refractivity contribution is 9.10. The van der Waals surface area contributed by atoms with Crippen LogP contribution >= 0.6 is 15.9 Å². The maximum Gasteiger partial charge on any atom is 0.255 e. The summed E-state index contributed by atoms with van der Waals surface area (Å²) < 4.78 is 38.5. The number of piperidine rings is 1. The van der Waals surface area contributed by atoms with Crippen molar-refractivity contribution in [1.82, 2.24) is 4.31 Å². The molecular formula is C21H25BrN2O5S. The maximum absolute atomic E-state index is 12.7. The Hall–Kier alpha value is -2.10. The Bertz CT molecular complexity index is 1000. The number of nitrogens with zero attached hydrogens (tertiary/aromatic N) is 1. The van der Waals surface area contributed by atoms with Crippen LogP contribution in [0.1, 0.15) is 36.5 Å². The molecule has 30 heavy (non-hydrogen) atoms. The number of amides is 1. The first-order chi connectivity index (χ1) is 14.4. The first-order valence-corrected chi connectivity index (χ1v) is 12.0. The molecule has 0 atom stereocenters. The lowest BCUT2D eigenvalue weighted by Gasteiger charge is -2.25. The van der Waals surface area contributed by atoms with Crippen molar-refractivity contribution in [2.24, 2.45) is 0 Å². The predicted octanol–water partition coefficient (Wildman–Crippen LogP) is 4.28. The highest BCUT2D eigenvalue weighted by atomic mass is 79.9. The Kier molecular flexibility index (Phi) is 7.38. The molecule has 0 aromatic heterocycles. The zero-order chi connectivity index (χ0) is 21.7. The highest BCUT2D eigenvalue weighted by Gasteiger charge is 2.25. The number of nitrogens with one attached hydrogen (secondary N) is 1. The van der Waals surface area contributed by atoms with Crippen LogP contribution in [-0.2, 0) is 10.0 Å². The number of benzene rings is 2. The van der Waals surface area contributed by atoms with Gasteiger partial charge in [-0.15, -0.1) is 0 Å². The molecule has 1 aliphatic rings. The number of carbonyl (C=O) groups excluding carboxylic acids is 1. The molecule has 0 saturated carbocycles. The number of methoxy groups -OCH3 is 1. The molecule has 1 aliphatic heterocycles. The van der Waals surface area contributed by atoms with Crippen molar-refractivity contribution in [3.8, 4) is 11.5 Å². The van der Waals surface area contributed by atoms with E-state index in [0.29, 0.717) is 46.9 Å². The van der Waals surface area contributed by atoms with Crippen LogP contribution in [0.5, 0.6) is 11.5 Å². The summed E-state index contributed by atoms with van der Waals surface area (Å²) in [4.78, 5) is 12.9. The second kappa shape index (κ2) is 9.80. The summed E-state index contributed by atoms with van der Waals surface area (Å²) in [5.41, 5.74) is 0.883. The molecule has 0 aliphatic carbocycles. The van der Waals surface area contributed by atoms with Crippen molar-refractivity contribution in [3.05, 3.63) is 46.4 Å². The Morgan fingerprint density at radius 1 is 1.13 bits per heavy atom. The van der Waals surface area contributed by atoms with Gasteiger partial charge < -0.3 is 14.8 Å². The van der Waals surface area contributed by atoms with Crippen LogP contribution in [0, 0.1) is 0 Å². The van der Waals surface area contributed by atoms with Crippen molar-refractivity contribution >= 4 is 37.5 Å². The number of halogens is 1. The SMILES string of the molecule is CCOc1c(Br)cc(C(=O)Nc2ccc(S(=O)(=O)N3CCCCC3)cc2)cc1OC. The molecule has 0 spiro atoms. The number of rotatable bonds is 7. The van der Waals surface area contributed by atoms with Crippen molar-refractivity contribution < 1.29 is 22.7 Å². The maximum atomic E-state index is 12.7. The Morgan fingerprint density at radius 3 is 2.40 bits per heavy atom. The van der Waals surface area contributed by atoms with E-state index in [-0.39, 0.29) is 10.8 Å². The fraction of sp³-hybridized carbons (Fsp3) is 0.381. The average Bonchev–Trinajstić information content (AvgIpc) is 2.76. The summed E-state index contributed by atoms with van der Waals surface area (Å²) in [5.74, 6) is 0.631. The van der Waals surface area contributed by atoms with E-state index in [1.165, 1.54) is 23.5 Å². The molecule has 2 aromatic rings. The van der Waals surface area contributed by atoms with Gasteiger partial charge in [0, 0.05) is 24.3 Å². The van der Waals surface area contributed by atoms with Crippen molar-refractivity contribution in [1.29, 1.82) is 0 Å². The van der Waals surface area contributed by atoms with Gasteiger partial charge in [-0.1, -0.05) is 6.42 Å². The molecule has 3 rings (SSSR count). The molecule has 1 N–H and O–H groups in total. The van der Waals surface area contributed by atoms with Gasteiger partial charge in [0.15, 0.2) is 11.5 Å². The van der Waals surface area contributed by atoms with Gasteiger partial charge in [0.05, 0.1) is 23.1 Å². The Labute approximate surface area is 185 Å². The lowest BCUT2D eigenvalue weighted by atomic mass is 10.2. The average molecular weight is 497 g/mol. The molecule has 0 unspecified atom stereocenters. The van der Waals surface area contributed by atoms with E-state index in [0.717, 1.165) is 19.3 Å². The van der Waals surface area contributed by atoms with Crippen molar-refractivity contribution in [3.63, 3.8) is 0 Å². The Balaban J connectivity index is 1.75. The number of ether oxygens (including phenoxy) is 2. The Morgan fingerprint density at radius 2 is 1.80 bits per heavy atom. The standard InChI is InChI=1S/C21H25BrN2O5S/c1-3-29-20-18(22)13-15(14-19(20)28-2)21(25)23-16-7-9-17(10-8-16)30(26,27)24-11-5-4-6-12-24/h7-10,13-14H,3-6,11-12H2,1-2H3,(H,23,25). The number of anilines is 1. The van der Waals surface area contributed by atoms with Crippen molar-refractivity contribution in [2.45, 2.75) is 31.1 Å². The first-order valence-electron chi connectivity index (χ1n) is 9.78. The second-order valence-corrected chi connectivity index (χ2v) is 9.66. The molecule has 0 bridgehead atoms.